The molecule has 0 aromatic heterocycles. The maximum Gasteiger partial charge on any atom is 0.256 e. The lowest BCUT2D eigenvalue weighted by Gasteiger charge is -2.36. The number of carbonyl (C=O) groups excluding carboxylic acids is 1. The van der Waals surface area contributed by atoms with Gasteiger partial charge in [0, 0.05) is 41.7 Å². The average molecular weight is 619 g/mol. The molecule has 0 bridgehead atoms. The lowest BCUT2D eigenvalue weighted by molar-refractivity contribution is 0.0706. The molecule has 2 aromatic carbocycles. The van der Waals surface area contributed by atoms with Crippen LogP contribution >= 0.6 is 35.1 Å². The van der Waals surface area contributed by atoms with Gasteiger partial charge in [0.25, 0.3) is 5.91 Å². The van der Waals surface area contributed by atoms with Crippen molar-refractivity contribution in [1.29, 1.82) is 5.41 Å². The number of aliphatic imine (C=N–C) groups is 1. The number of aryl methyl sites for hydroxylation is 1. The van der Waals surface area contributed by atoms with E-state index in [4.69, 9.17) is 40.2 Å². The molecular weight excluding hydrogens is 584 g/mol. The molecule has 2 aliphatic rings. The lowest BCUT2D eigenvalue weighted by Crippen LogP contribution is -2.46. The summed E-state index contributed by atoms with van der Waals surface area (Å²) in [6.45, 7) is 2.19. The van der Waals surface area contributed by atoms with Crippen molar-refractivity contribution in [2.75, 3.05) is 19.8 Å². The van der Waals surface area contributed by atoms with Gasteiger partial charge in [-0.05, 0) is 86.7 Å². The van der Waals surface area contributed by atoms with Crippen molar-refractivity contribution in [2.24, 2.45) is 21.7 Å². The number of hydrazone groups is 1. The summed E-state index contributed by atoms with van der Waals surface area (Å²) in [6.07, 6.45) is 6.12. The SMILES string of the molecule is CN=C(C1=C(N)C(C)N(C(=O)c2cc(F)cc(CC/C(C=N)=N/N)c2Cl)CC1)c1cc(Cl)cc(C2(NSC)CC2)c1. The molecule has 12 heteroatoms. The summed E-state index contributed by atoms with van der Waals surface area (Å²) in [5.74, 6) is 4.29. The van der Waals surface area contributed by atoms with Crippen molar-refractivity contribution < 1.29 is 9.18 Å². The first-order valence-corrected chi connectivity index (χ1v) is 15.2. The predicted octanol–water partition coefficient (Wildman–Crippen LogP) is 5.45. The first kappa shape index (κ1) is 31.0. The van der Waals surface area contributed by atoms with E-state index in [9.17, 15) is 9.18 Å². The first-order chi connectivity index (χ1) is 19.6. The molecule has 8 nitrogen and oxygen atoms in total. The van der Waals surface area contributed by atoms with Gasteiger partial charge < -0.3 is 21.9 Å². The van der Waals surface area contributed by atoms with E-state index in [1.807, 2.05) is 25.3 Å². The van der Waals surface area contributed by atoms with Crippen molar-refractivity contribution in [3.63, 3.8) is 0 Å². The van der Waals surface area contributed by atoms with Crippen molar-refractivity contribution in [1.82, 2.24) is 9.62 Å². The predicted molar refractivity (Wildman–Crippen MR) is 168 cm³/mol. The number of amides is 1. The standard InChI is InChI=1S/C29H34Cl2FN7OS/c1-16-26(34)23(27(36-2)18-10-19(13-20(30)11-18)29(7-8-29)38-41-3)6-9-39(16)28(40)24-14-21(32)12-17(25(24)31)4-5-22(15-33)37-35/h10-16,33,38H,4-9,34-35H2,1-3H3/b33-15?,36-27?,37-22-. The van der Waals surface area contributed by atoms with E-state index in [0.29, 0.717) is 35.0 Å². The van der Waals surface area contributed by atoms with Crippen LogP contribution in [0.1, 0.15) is 59.7 Å². The second-order valence-electron chi connectivity index (χ2n) is 10.2. The molecular formula is C29H34Cl2FN7OS. The molecule has 1 amide bonds. The zero-order chi connectivity index (χ0) is 29.9. The molecule has 41 heavy (non-hydrogen) atoms. The smallest absolute Gasteiger partial charge is 0.256 e. The Morgan fingerprint density at radius 2 is 2.02 bits per heavy atom. The Balaban J connectivity index is 1.62. The zero-order valence-electron chi connectivity index (χ0n) is 23.2. The van der Waals surface area contributed by atoms with E-state index < -0.39 is 17.8 Å². The average Bonchev–Trinajstić information content (AvgIpc) is 3.74. The highest BCUT2D eigenvalue weighted by molar-refractivity contribution is 7.96. The van der Waals surface area contributed by atoms with Gasteiger partial charge in [-0.1, -0.05) is 35.1 Å². The lowest BCUT2D eigenvalue weighted by atomic mass is 9.90. The van der Waals surface area contributed by atoms with Crippen LogP contribution in [0.5, 0.6) is 0 Å². The molecule has 1 atom stereocenters. The van der Waals surface area contributed by atoms with E-state index in [1.54, 1.807) is 23.9 Å². The Kier molecular flexibility index (Phi) is 9.79. The zero-order valence-corrected chi connectivity index (χ0v) is 25.6. The third-order valence-electron chi connectivity index (χ3n) is 7.74. The van der Waals surface area contributed by atoms with Gasteiger partial charge in [0.15, 0.2) is 0 Å². The number of hydrogen-bond donors (Lipinski definition) is 4. The summed E-state index contributed by atoms with van der Waals surface area (Å²) in [5.41, 5.74) is 11.5. The van der Waals surface area contributed by atoms with Crippen LogP contribution in [0, 0.1) is 11.2 Å². The van der Waals surface area contributed by atoms with Crippen LogP contribution in [0.25, 0.3) is 0 Å². The molecule has 2 aromatic rings. The second-order valence-corrected chi connectivity index (χ2v) is 11.7. The Labute approximate surface area is 254 Å². The molecule has 1 aliphatic heterocycles. The molecule has 1 heterocycles. The quantitative estimate of drug-likeness (QED) is 0.122. The molecule has 0 spiro atoms. The van der Waals surface area contributed by atoms with E-state index in [0.717, 1.165) is 47.5 Å². The summed E-state index contributed by atoms with van der Waals surface area (Å²) in [5, 5.41) is 11.7. The third-order valence-corrected chi connectivity index (χ3v) is 9.00. The Morgan fingerprint density at radius 1 is 1.29 bits per heavy atom. The van der Waals surface area contributed by atoms with Gasteiger partial charge in [-0.25, -0.2) is 4.39 Å². The van der Waals surface area contributed by atoms with Crippen molar-refractivity contribution in [3.05, 3.63) is 79.7 Å². The number of nitrogens with two attached hydrogens (primary N) is 2. The number of nitrogens with one attached hydrogen (secondary N) is 2. The van der Waals surface area contributed by atoms with E-state index in [1.165, 1.54) is 6.07 Å². The maximum atomic E-state index is 14.6. The maximum absolute atomic E-state index is 14.6. The van der Waals surface area contributed by atoms with Crippen molar-refractivity contribution >= 4 is 58.7 Å². The highest BCUT2D eigenvalue weighted by atomic mass is 35.5. The number of hydrogen-bond acceptors (Lipinski definition) is 8. The molecule has 1 unspecified atom stereocenters. The summed E-state index contributed by atoms with van der Waals surface area (Å²) in [6, 6.07) is 7.94. The fraction of sp³-hybridized carbons (Fsp3) is 0.379. The molecule has 1 aliphatic carbocycles. The number of nitrogens with zero attached hydrogens (tertiary/aromatic N) is 3. The fourth-order valence-corrected chi connectivity index (χ4v) is 6.54. The molecule has 1 saturated carbocycles. The topological polar surface area (TPSA) is 133 Å². The highest BCUT2D eigenvalue weighted by Gasteiger charge is 2.44. The summed E-state index contributed by atoms with van der Waals surface area (Å²) < 4.78 is 18.1. The summed E-state index contributed by atoms with van der Waals surface area (Å²) in [7, 11) is 1.72. The largest absolute Gasteiger partial charge is 0.400 e. The van der Waals surface area contributed by atoms with Crippen LogP contribution in [0.2, 0.25) is 10.0 Å². The number of rotatable bonds is 10. The van der Waals surface area contributed by atoms with Crippen LogP contribution in [-0.2, 0) is 12.0 Å². The van der Waals surface area contributed by atoms with E-state index in [2.05, 4.69) is 20.9 Å². The summed E-state index contributed by atoms with van der Waals surface area (Å²) in [4.78, 5) is 19.9. The summed E-state index contributed by atoms with van der Waals surface area (Å²) >= 11 is 14.7. The molecule has 6 N–H and O–H groups in total. The van der Waals surface area contributed by atoms with Crippen LogP contribution in [-0.4, -0.2) is 54.3 Å². The normalized spacial score (nSPS) is 19.0. The van der Waals surface area contributed by atoms with Gasteiger partial charge in [-0.2, -0.15) is 5.10 Å². The van der Waals surface area contributed by atoms with Gasteiger partial charge in [0.2, 0.25) is 0 Å². The monoisotopic (exact) mass is 617 g/mol. The van der Waals surface area contributed by atoms with Gasteiger partial charge in [0.05, 0.1) is 33.6 Å². The minimum atomic E-state index is -0.579. The number of halogens is 3. The Bertz CT molecular complexity index is 1450. The van der Waals surface area contributed by atoms with Gasteiger partial charge >= 0.3 is 0 Å². The molecule has 1 fully saturated rings. The van der Waals surface area contributed by atoms with E-state index in [-0.39, 0.29) is 29.0 Å². The molecule has 4 rings (SSSR count). The number of benzene rings is 2. The minimum Gasteiger partial charge on any atom is -0.400 e. The van der Waals surface area contributed by atoms with Crippen LogP contribution in [0.4, 0.5) is 4.39 Å². The Morgan fingerprint density at radius 3 is 2.63 bits per heavy atom. The Hall–Kier alpha value is -2.92. The van der Waals surface area contributed by atoms with Crippen LogP contribution < -0.4 is 16.3 Å². The van der Waals surface area contributed by atoms with Crippen LogP contribution in [0.15, 0.2) is 51.7 Å². The van der Waals surface area contributed by atoms with Gasteiger partial charge in [-0.15, -0.1) is 0 Å². The minimum absolute atomic E-state index is 0.0609. The van der Waals surface area contributed by atoms with Gasteiger partial charge in [0.1, 0.15) is 5.82 Å². The second kappa shape index (κ2) is 12.9. The molecule has 0 radical (unpaired) electrons. The van der Waals surface area contributed by atoms with E-state index >= 15 is 0 Å². The third kappa shape index (κ3) is 6.45. The van der Waals surface area contributed by atoms with Crippen LogP contribution in [0.3, 0.4) is 0 Å². The molecule has 0 saturated heterocycles. The highest BCUT2D eigenvalue weighted by Crippen LogP contribution is 2.47. The van der Waals surface area contributed by atoms with Crippen molar-refractivity contribution in [2.45, 2.75) is 50.6 Å². The molecule has 218 valence electrons. The van der Waals surface area contributed by atoms with Crippen molar-refractivity contribution in [3.8, 4) is 0 Å². The van der Waals surface area contributed by atoms with Gasteiger partial charge in [-0.3, -0.25) is 14.5 Å². The fourth-order valence-electron chi connectivity index (χ4n) is 5.31. The number of carbonyl (C=O) groups is 1. The first-order valence-electron chi connectivity index (χ1n) is 13.2.